The van der Waals surface area contributed by atoms with Crippen molar-refractivity contribution in [2.24, 2.45) is 0 Å². The highest BCUT2D eigenvalue weighted by Gasteiger charge is 2.03. The second-order valence-corrected chi connectivity index (χ2v) is 3.33. The molecule has 14 heavy (non-hydrogen) atoms. The summed E-state index contributed by atoms with van der Waals surface area (Å²) in [4.78, 5) is 0. The molecule has 0 radical (unpaired) electrons. The van der Waals surface area contributed by atoms with Crippen molar-refractivity contribution in [3.8, 4) is 6.07 Å². The van der Waals surface area contributed by atoms with Gasteiger partial charge in [0.25, 0.3) is 0 Å². The van der Waals surface area contributed by atoms with Crippen molar-refractivity contribution in [2.45, 2.75) is 32.4 Å². The predicted molar refractivity (Wildman–Crippen MR) is 57.6 cm³/mol. The molecule has 74 valence electrons. The fourth-order valence-corrected chi connectivity index (χ4v) is 1.33. The van der Waals surface area contributed by atoms with Crippen molar-refractivity contribution < 1.29 is 0 Å². The van der Waals surface area contributed by atoms with Gasteiger partial charge in [0.2, 0.25) is 0 Å². The van der Waals surface area contributed by atoms with Gasteiger partial charge in [0, 0.05) is 12.6 Å². The molecular formula is C12H16N2. The van der Waals surface area contributed by atoms with Crippen LogP contribution in [0.25, 0.3) is 0 Å². The summed E-state index contributed by atoms with van der Waals surface area (Å²) in [6, 6.07) is 12.8. The zero-order valence-electron chi connectivity index (χ0n) is 8.53. The standard InChI is InChI=1S/C12H16N2/c1-2-12(8-9-13)14-10-11-6-4-3-5-7-11/h3-7,12,14H,2,8,10H2,1H3. The normalized spacial score (nSPS) is 12.0. The monoisotopic (exact) mass is 188 g/mol. The van der Waals surface area contributed by atoms with Gasteiger partial charge in [-0.15, -0.1) is 0 Å². The Bertz CT molecular complexity index is 287. The summed E-state index contributed by atoms with van der Waals surface area (Å²) in [7, 11) is 0. The van der Waals surface area contributed by atoms with Crippen molar-refractivity contribution in [3.63, 3.8) is 0 Å². The highest BCUT2D eigenvalue weighted by atomic mass is 14.9. The third-order valence-corrected chi connectivity index (χ3v) is 2.27. The number of nitrogens with zero attached hydrogens (tertiary/aromatic N) is 1. The first-order valence-electron chi connectivity index (χ1n) is 5.01. The van der Waals surface area contributed by atoms with E-state index < -0.39 is 0 Å². The smallest absolute Gasteiger partial charge is 0.0638 e. The van der Waals surface area contributed by atoms with Gasteiger partial charge in [-0.05, 0) is 12.0 Å². The van der Waals surface area contributed by atoms with Gasteiger partial charge in [-0.3, -0.25) is 0 Å². The first-order chi connectivity index (χ1) is 6.86. The van der Waals surface area contributed by atoms with E-state index in [9.17, 15) is 0 Å². The van der Waals surface area contributed by atoms with Crippen molar-refractivity contribution in [3.05, 3.63) is 35.9 Å². The van der Waals surface area contributed by atoms with Crippen LogP contribution < -0.4 is 5.32 Å². The molecule has 0 saturated heterocycles. The van der Waals surface area contributed by atoms with E-state index in [1.807, 2.05) is 18.2 Å². The largest absolute Gasteiger partial charge is 0.309 e. The Morgan fingerprint density at radius 2 is 2.07 bits per heavy atom. The second-order valence-electron chi connectivity index (χ2n) is 3.33. The number of nitrogens with one attached hydrogen (secondary N) is 1. The molecule has 1 rings (SSSR count). The second kappa shape index (κ2) is 6.17. The molecule has 0 aliphatic rings. The van der Waals surface area contributed by atoms with Gasteiger partial charge >= 0.3 is 0 Å². The van der Waals surface area contributed by atoms with Gasteiger partial charge < -0.3 is 5.32 Å². The number of hydrogen-bond acceptors (Lipinski definition) is 2. The van der Waals surface area contributed by atoms with Crippen LogP contribution in [0.5, 0.6) is 0 Å². The van der Waals surface area contributed by atoms with Crippen LogP contribution in [0.15, 0.2) is 30.3 Å². The number of benzene rings is 1. The fourth-order valence-electron chi connectivity index (χ4n) is 1.33. The molecule has 0 bridgehead atoms. The number of nitriles is 1. The Balaban J connectivity index is 2.36. The van der Waals surface area contributed by atoms with Crippen LogP contribution in [0, 0.1) is 11.3 Å². The van der Waals surface area contributed by atoms with Crippen molar-refractivity contribution in [1.29, 1.82) is 5.26 Å². The SMILES string of the molecule is CCC(CC#N)NCc1ccccc1. The Labute approximate surface area is 85.6 Å². The van der Waals surface area contributed by atoms with Gasteiger partial charge in [0.1, 0.15) is 0 Å². The van der Waals surface area contributed by atoms with Gasteiger partial charge in [-0.25, -0.2) is 0 Å². The molecular weight excluding hydrogens is 172 g/mol. The summed E-state index contributed by atoms with van der Waals surface area (Å²) >= 11 is 0. The summed E-state index contributed by atoms with van der Waals surface area (Å²) in [5.74, 6) is 0. The first-order valence-corrected chi connectivity index (χ1v) is 5.01. The average Bonchev–Trinajstić information content (AvgIpc) is 2.25. The molecule has 0 saturated carbocycles. The maximum absolute atomic E-state index is 8.57. The highest BCUT2D eigenvalue weighted by molar-refractivity contribution is 5.14. The van der Waals surface area contributed by atoms with Gasteiger partial charge in [0.05, 0.1) is 12.5 Å². The van der Waals surface area contributed by atoms with Crippen LogP contribution in [-0.4, -0.2) is 6.04 Å². The summed E-state index contributed by atoms with van der Waals surface area (Å²) in [6.07, 6.45) is 1.59. The van der Waals surface area contributed by atoms with Crippen LogP contribution in [-0.2, 0) is 6.54 Å². The van der Waals surface area contributed by atoms with Crippen LogP contribution in [0.2, 0.25) is 0 Å². The topological polar surface area (TPSA) is 35.8 Å². The minimum Gasteiger partial charge on any atom is -0.309 e. The minimum atomic E-state index is 0.320. The maximum atomic E-state index is 8.57. The Kier molecular flexibility index (Phi) is 4.74. The zero-order chi connectivity index (χ0) is 10.2. The molecule has 2 nitrogen and oxygen atoms in total. The van der Waals surface area contributed by atoms with Crippen LogP contribution in [0.4, 0.5) is 0 Å². The molecule has 1 aromatic carbocycles. The van der Waals surface area contributed by atoms with E-state index in [2.05, 4.69) is 30.4 Å². The van der Waals surface area contributed by atoms with E-state index in [0.29, 0.717) is 12.5 Å². The fraction of sp³-hybridized carbons (Fsp3) is 0.417. The molecule has 2 heteroatoms. The van der Waals surface area contributed by atoms with E-state index in [0.717, 1.165) is 13.0 Å². The Morgan fingerprint density at radius 1 is 1.36 bits per heavy atom. The summed E-state index contributed by atoms with van der Waals surface area (Å²) < 4.78 is 0. The van der Waals surface area contributed by atoms with Crippen molar-refractivity contribution in [2.75, 3.05) is 0 Å². The predicted octanol–water partition coefficient (Wildman–Crippen LogP) is 2.47. The lowest BCUT2D eigenvalue weighted by Gasteiger charge is -2.13. The molecule has 1 N–H and O–H groups in total. The third-order valence-electron chi connectivity index (χ3n) is 2.27. The van der Waals surface area contributed by atoms with Crippen LogP contribution in [0.3, 0.4) is 0 Å². The van der Waals surface area contributed by atoms with E-state index in [4.69, 9.17) is 5.26 Å². The van der Waals surface area contributed by atoms with Crippen LogP contribution >= 0.6 is 0 Å². The summed E-state index contributed by atoms with van der Waals surface area (Å²) in [5.41, 5.74) is 1.27. The number of hydrogen-bond donors (Lipinski definition) is 1. The van der Waals surface area contributed by atoms with Crippen LogP contribution in [0.1, 0.15) is 25.3 Å². The molecule has 1 atom stereocenters. The lowest BCUT2D eigenvalue weighted by molar-refractivity contribution is 0.505. The zero-order valence-corrected chi connectivity index (χ0v) is 8.53. The maximum Gasteiger partial charge on any atom is 0.0638 e. The molecule has 1 unspecified atom stereocenters. The molecule has 0 fully saturated rings. The molecule has 0 aliphatic heterocycles. The van der Waals surface area contributed by atoms with E-state index in [1.54, 1.807) is 0 Å². The van der Waals surface area contributed by atoms with E-state index in [1.165, 1.54) is 5.56 Å². The Hall–Kier alpha value is -1.33. The minimum absolute atomic E-state index is 0.320. The van der Waals surface area contributed by atoms with Gasteiger partial charge in [-0.2, -0.15) is 5.26 Å². The lowest BCUT2D eigenvalue weighted by Crippen LogP contribution is -2.27. The van der Waals surface area contributed by atoms with Crippen molar-refractivity contribution >= 4 is 0 Å². The first kappa shape index (κ1) is 10.7. The molecule has 0 amide bonds. The molecule has 0 aromatic heterocycles. The Morgan fingerprint density at radius 3 is 2.64 bits per heavy atom. The highest BCUT2D eigenvalue weighted by Crippen LogP contribution is 2.01. The molecule has 0 aliphatic carbocycles. The third kappa shape index (κ3) is 3.59. The molecule has 1 aromatic rings. The van der Waals surface area contributed by atoms with Gasteiger partial charge in [0.15, 0.2) is 0 Å². The lowest BCUT2D eigenvalue weighted by atomic mass is 10.1. The molecule has 0 spiro atoms. The quantitative estimate of drug-likeness (QED) is 0.770. The summed E-state index contributed by atoms with van der Waals surface area (Å²) in [5, 5.41) is 11.9. The van der Waals surface area contributed by atoms with E-state index >= 15 is 0 Å². The average molecular weight is 188 g/mol. The van der Waals surface area contributed by atoms with Crippen molar-refractivity contribution in [1.82, 2.24) is 5.32 Å². The number of rotatable bonds is 5. The van der Waals surface area contributed by atoms with Gasteiger partial charge in [-0.1, -0.05) is 37.3 Å². The van der Waals surface area contributed by atoms with E-state index in [-0.39, 0.29) is 0 Å². The summed E-state index contributed by atoms with van der Waals surface area (Å²) in [6.45, 7) is 2.95. The molecule has 0 heterocycles.